The molecule has 6 nitrogen and oxygen atoms in total. The van der Waals surface area contributed by atoms with Gasteiger partial charge in [-0.2, -0.15) is 10.5 Å². The summed E-state index contributed by atoms with van der Waals surface area (Å²) in [6.45, 7) is 3.53. The number of nitriles is 2. The van der Waals surface area contributed by atoms with Gasteiger partial charge < -0.3 is 0 Å². The molecule has 37 heavy (non-hydrogen) atoms. The van der Waals surface area contributed by atoms with E-state index >= 15 is 0 Å². The third-order valence-corrected chi connectivity index (χ3v) is 8.49. The second kappa shape index (κ2) is 12.1. The largest absolute Gasteiger partial charge is 0.298 e. The fraction of sp³-hybridized carbons (Fsp3) is 0. The molecule has 0 fully saturated rings. The molecule has 11 heteroatoms. The van der Waals surface area contributed by atoms with E-state index in [0.717, 1.165) is 25.1 Å². The first-order valence-electron chi connectivity index (χ1n) is 10.4. The zero-order chi connectivity index (χ0) is 26.4. The smallest absolute Gasteiger partial charge is 0.133 e. The third-order valence-electron chi connectivity index (χ3n) is 4.99. The number of rotatable bonds is 7. The second-order valence-corrected chi connectivity index (χ2v) is 10.9. The lowest BCUT2D eigenvalue weighted by atomic mass is 9.92. The van der Waals surface area contributed by atoms with E-state index in [4.69, 9.17) is 5.41 Å². The Morgan fingerprint density at radius 3 is 2.30 bits per heavy atom. The molecule has 0 atom stereocenters. The molecule has 0 spiro atoms. The monoisotopic (exact) mass is 572 g/mol. The Morgan fingerprint density at radius 2 is 1.70 bits per heavy atom. The molecule has 3 heterocycles. The SMILES string of the molecule is C=C/N=C(S)/C(C#N)=C/c1ccc(C2=CC=C(c3ccc(/C=C(\C#N)c4nccs4)s3)/C(=N/S)C2=N)s1. The van der Waals surface area contributed by atoms with Crippen LogP contribution in [0.15, 0.2) is 75.7 Å². The number of allylic oxidation sites excluding steroid dienone is 5. The average molecular weight is 573 g/mol. The summed E-state index contributed by atoms with van der Waals surface area (Å²) >= 11 is 12.8. The Labute approximate surface area is 236 Å². The molecule has 1 aliphatic rings. The van der Waals surface area contributed by atoms with Gasteiger partial charge in [0.05, 0.1) is 16.9 Å². The summed E-state index contributed by atoms with van der Waals surface area (Å²) < 4.78 is 4.12. The highest BCUT2D eigenvalue weighted by Gasteiger charge is 2.24. The second-order valence-electron chi connectivity index (χ2n) is 7.20. The Bertz CT molecular complexity index is 1640. The van der Waals surface area contributed by atoms with E-state index in [0.29, 0.717) is 27.4 Å². The predicted octanol–water partition coefficient (Wildman–Crippen LogP) is 7.50. The highest BCUT2D eigenvalue weighted by molar-refractivity contribution is 7.97. The van der Waals surface area contributed by atoms with Crippen LogP contribution in [0.1, 0.15) is 24.5 Å². The van der Waals surface area contributed by atoms with Crippen molar-refractivity contribution < 1.29 is 0 Å². The fourth-order valence-electron chi connectivity index (χ4n) is 3.34. The first-order chi connectivity index (χ1) is 18.0. The molecule has 180 valence electrons. The number of thiophene rings is 2. The van der Waals surface area contributed by atoms with Crippen LogP contribution in [0, 0.1) is 28.1 Å². The molecule has 0 aromatic carbocycles. The maximum Gasteiger partial charge on any atom is 0.133 e. The zero-order valence-corrected chi connectivity index (χ0v) is 23.2. The number of hydrogen-bond acceptors (Lipinski definition) is 10. The molecule has 0 saturated carbocycles. The minimum atomic E-state index is 0.250. The molecule has 0 aliphatic heterocycles. The van der Waals surface area contributed by atoms with Crippen molar-refractivity contribution in [3.63, 3.8) is 0 Å². The Hall–Kier alpha value is -3.58. The van der Waals surface area contributed by atoms with Gasteiger partial charge >= 0.3 is 0 Å². The maximum atomic E-state index is 9.53. The van der Waals surface area contributed by atoms with Crippen molar-refractivity contribution in [1.29, 1.82) is 15.9 Å². The van der Waals surface area contributed by atoms with Crippen LogP contribution in [0.25, 0.3) is 28.9 Å². The van der Waals surface area contributed by atoms with Crippen LogP contribution in [0.4, 0.5) is 0 Å². The highest BCUT2D eigenvalue weighted by Crippen LogP contribution is 2.35. The molecule has 1 N–H and O–H groups in total. The Balaban J connectivity index is 1.65. The molecule has 3 aromatic rings. The summed E-state index contributed by atoms with van der Waals surface area (Å²) in [5.74, 6) is 0. The standard InChI is InChI=1S/C26H16N6S5/c1-2-30-25(33)15(13-27)11-17-3-7-21(36-17)19-5-6-20(24(32-34)23(19)29)22-8-4-18(37-22)12-16(14-28)26-31-9-10-35-26/h2-12,29,34H,1H2,(H,30,33)/b15-11+,16-12+,29-23?,32-24-. The summed E-state index contributed by atoms with van der Waals surface area (Å²) in [6, 6.07) is 12.0. The van der Waals surface area contributed by atoms with Crippen molar-refractivity contribution in [3.05, 3.63) is 90.9 Å². The molecular formula is C26H16N6S5. The van der Waals surface area contributed by atoms with Crippen molar-refractivity contribution in [2.75, 3.05) is 0 Å². The molecule has 4 rings (SSSR count). The van der Waals surface area contributed by atoms with E-state index in [2.05, 4.69) is 58.5 Å². The first kappa shape index (κ1) is 26.5. The van der Waals surface area contributed by atoms with Crippen LogP contribution in [0.5, 0.6) is 0 Å². The average Bonchev–Trinajstić information content (AvgIpc) is 3.68. The Kier molecular flexibility index (Phi) is 8.66. The molecule has 0 amide bonds. The lowest BCUT2D eigenvalue weighted by molar-refractivity contribution is 1.38. The summed E-state index contributed by atoms with van der Waals surface area (Å²) in [6.07, 6.45) is 10.3. The fourth-order valence-corrected chi connectivity index (χ4v) is 6.30. The zero-order valence-electron chi connectivity index (χ0n) is 18.9. The minimum Gasteiger partial charge on any atom is -0.298 e. The van der Waals surface area contributed by atoms with Crippen LogP contribution < -0.4 is 0 Å². The van der Waals surface area contributed by atoms with Crippen LogP contribution in [0.3, 0.4) is 0 Å². The van der Waals surface area contributed by atoms with E-state index in [9.17, 15) is 10.5 Å². The van der Waals surface area contributed by atoms with Crippen LogP contribution in [-0.4, -0.2) is 21.5 Å². The van der Waals surface area contributed by atoms with Crippen molar-refractivity contribution >= 4 is 105 Å². The number of thiol groups is 2. The summed E-state index contributed by atoms with van der Waals surface area (Å²) in [4.78, 5) is 11.7. The number of nitrogens with zero attached hydrogens (tertiary/aromatic N) is 5. The summed E-state index contributed by atoms with van der Waals surface area (Å²) in [7, 11) is 0. The van der Waals surface area contributed by atoms with Gasteiger partial charge in [-0.25, -0.2) is 14.4 Å². The lowest BCUT2D eigenvalue weighted by Crippen LogP contribution is -2.18. The molecule has 0 radical (unpaired) electrons. The van der Waals surface area contributed by atoms with Gasteiger partial charge in [0, 0.05) is 48.4 Å². The number of hydrogen-bond donors (Lipinski definition) is 3. The van der Waals surface area contributed by atoms with Gasteiger partial charge in [-0.1, -0.05) is 18.7 Å². The van der Waals surface area contributed by atoms with Gasteiger partial charge in [0.2, 0.25) is 0 Å². The molecule has 3 aromatic heterocycles. The van der Waals surface area contributed by atoms with E-state index in [1.54, 1.807) is 12.3 Å². The molecular weight excluding hydrogens is 557 g/mol. The number of thiazole rings is 1. The van der Waals surface area contributed by atoms with E-state index in [1.807, 2.05) is 47.9 Å². The number of aromatic nitrogens is 1. The lowest BCUT2D eigenvalue weighted by Gasteiger charge is -2.16. The van der Waals surface area contributed by atoms with Crippen molar-refractivity contribution in [2.24, 2.45) is 9.39 Å². The predicted molar refractivity (Wildman–Crippen MR) is 165 cm³/mol. The highest BCUT2D eigenvalue weighted by atomic mass is 32.1. The normalized spacial score (nSPS) is 15.7. The molecule has 0 bridgehead atoms. The van der Waals surface area contributed by atoms with Crippen molar-refractivity contribution in [1.82, 2.24) is 4.98 Å². The first-order valence-corrected chi connectivity index (χ1v) is 13.8. The van der Waals surface area contributed by atoms with Crippen molar-refractivity contribution in [3.8, 4) is 12.1 Å². The molecule has 0 saturated heterocycles. The quantitative estimate of drug-likeness (QED) is 0.0897. The van der Waals surface area contributed by atoms with Gasteiger partial charge in [0.15, 0.2) is 0 Å². The molecule has 1 aliphatic carbocycles. The van der Waals surface area contributed by atoms with Gasteiger partial charge in [-0.15, -0.1) is 46.6 Å². The summed E-state index contributed by atoms with van der Waals surface area (Å²) in [5, 5.41) is 30.6. The third kappa shape index (κ3) is 5.88. The van der Waals surface area contributed by atoms with Crippen molar-refractivity contribution in [2.45, 2.75) is 0 Å². The van der Waals surface area contributed by atoms with E-state index < -0.39 is 0 Å². The number of aliphatic imine (C=N–C) groups is 1. The van der Waals surface area contributed by atoms with Crippen LogP contribution >= 0.6 is 59.5 Å². The summed E-state index contributed by atoms with van der Waals surface area (Å²) in [5.41, 5.74) is 3.02. The van der Waals surface area contributed by atoms with Crippen LogP contribution in [-0.2, 0) is 0 Å². The van der Waals surface area contributed by atoms with E-state index in [1.165, 1.54) is 40.2 Å². The Morgan fingerprint density at radius 1 is 1.03 bits per heavy atom. The van der Waals surface area contributed by atoms with Gasteiger partial charge in [-0.3, -0.25) is 5.41 Å². The maximum absolute atomic E-state index is 9.53. The van der Waals surface area contributed by atoms with E-state index in [-0.39, 0.29) is 10.8 Å². The van der Waals surface area contributed by atoms with Gasteiger partial charge in [0.25, 0.3) is 0 Å². The topological polar surface area (TPSA) is 109 Å². The molecule has 0 unspecified atom stereocenters. The van der Waals surface area contributed by atoms with Gasteiger partial charge in [-0.05, 0) is 49.2 Å². The number of nitrogens with one attached hydrogen (secondary N) is 1. The minimum absolute atomic E-state index is 0.250. The van der Waals surface area contributed by atoms with Gasteiger partial charge in [0.1, 0.15) is 27.9 Å². The van der Waals surface area contributed by atoms with Crippen LogP contribution in [0.2, 0.25) is 0 Å².